The molecule has 0 aromatic rings. The van der Waals surface area contributed by atoms with Gasteiger partial charge < -0.3 is 10.2 Å². The van der Waals surface area contributed by atoms with Crippen LogP contribution in [0.5, 0.6) is 0 Å². The Labute approximate surface area is 151 Å². The fourth-order valence-electron chi connectivity index (χ4n) is 5.35. The van der Waals surface area contributed by atoms with Gasteiger partial charge in [0, 0.05) is 51.6 Å². The minimum Gasteiger partial charge on any atom is -0.355 e. The Morgan fingerprint density at radius 1 is 0.960 bits per heavy atom. The first kappa shape index (κ1) is 17.3. The van der Waals surface area contributed by atoms with E-state index in [4.69, 9.17) is 0 Å². The number of piperazine rings is 1. The van der Waals surface area contributed by atoms with Crippen LogP contribution in [0.1, 0.15) is 51.4 Å². The molecular formula is C20H33N3O2. The summed E-state index contributed by atoms with van der Waals surface area (Å²) in [4.78, 5) is 28.9. The number of amides is 2. The van der Waals surface area contributed by atoms with Crippen LogP contribution in [-0.4, -0.2) is 60.9 Å². The topological polar surface area (TPSA) is 52.7 Å². The van der Waals surface area contributed by atoms with Crippen molar-refractivity contribution in [1.29, 1.82) is 0 Å². The van der Waals surface area contributed by atoms with Gasteiger partial charge in [0.2, 0.25) is 11.8 Å². The molecule has 0 aromatic heterocycles. The van der Waals surface area contributed by atoms with E-state index < -0.39 is 0 Å². The smallest absolute Gasteiger partial charge is 0.223 e. The van der Waals surface area contributed by atoms with Crippen LogP contribution in [0, 0.1) is 23.7 Å². The normalized spacial score (nSPS) is 32.6. The van der Waals surface area contributed by atoms with Crippen LogP contribution >= 0.6 is 0 Å². The maximum absolute atomic E-state index is 12.6. The van der Waals surface area contributed by atoms with Gasteiger partial charge >= 0.3 is 0 Å². The predicted octanol–water partition coefficient (Wildman–Crippen LogP) is 1.87. The third-order valence-corrected chi connectivity index (χ3v) is 7.25. The molecule has 1 saturated heterocycles. The number of nitrogens with one attached hydrogen (secondary N) is 1. The van der Waals surface area contributed by atoms with Crippen molar-refractivity contribution in [2.24, 2.45) is 23.7 Å². The lowest BCUT2D eigenvalue weighted by Gasteiger charge is -2.36. The van der Waals surface area contributed by atoms with E-state index in [1.165, 1.54) is 32.1 Å². The molecule has 140 valence electrons. The van der Waals surface area contributed by atoms with Gasteiger partial charge in [0.1, 0.15) is 0 Å². The van der Waals surface area contributed by atoms with Crippen LogP contribution in [0.3, 0.4) is 0 Å². The number of carbonyl (C=O) groups is 2. The van der Waals surface area contributed by atoms with E-state index in [1.807, 2.05) is 0 Å². The Morgan fingerprint density at radius 3 is 2.36 bits per heavy atom. The molecule has 2 bridgehead atoms. The second kappa shape index (κ2) is 7.65. The number of nitrogens with zero attached hydrogens (tertiary/aromatic N) is 2. The van der Waals surface area contributed by atoms with Gasteiger partial charge in [-0.15, -0.1) is 0 Å². The lowest BCUT2D eigenvalue weighted by molar-refractivity contribution is -0.134. The summed E-state index contributed by atoms with van der Waals surface area (Å²) in [5.74, 6) is 3.34. The molecular weight excluding hydrogens is 314 g/mol. The van der Waals surface area contributed by atoms with Crippen LogP contribution in [-0.2, 0) is 9.59 Å². The highest BCUT2D eigenvalue weighted by Crippen LogP contribution is 2.49. The Bertz CT molecular complexity index is 497. The van der Waals surface area contributed by atoms with Crippen molar-refractivity contribution in [2.75, 3.05) is 39.3 Å². The highest BCUT2D eigenvalue weighted by molar-refractivity contribution is 5.79. The zero-order valence-corrected chi connectivity index (χ0v) is 15.4. The molecule has 4 fully saturated rings. The Hall–Kier alpha value is -1.10. The lowest BCUT2D eigenvalue weighted by Crippen LogP contribution is -2.50. The Balaban J connectivity index is 1.12. The summed E-state index contributed by atoms with van der Waals surface area (Å²) in [5, 5.41) is 3.07. The second-order valence-electron chi connectivity index (χ2n) is 8.78. The van der Waals surface area contributed by atoms with Gasteiger partial charge in [0.05, 0.1) is 0 Å². The summed E-state index contributed by atoms with van der Waals surface area (Å²) in [6.07, 6.45) is 9.59. The molecule has 5 nitrogen and oxygen atoms in total. The first-order valence-electron chi connectivity index (χ1n) is 10.5. The minimum absolute atomic E-state index is 0.242. The number of hydrogen-bond donors (Lipinski definition) is 1. The molecule has 5 heteroatoms. The zero-order chi connectivity index (χ0) is 17.2. The maximum atomic E-state index is 12.6. The van der Waals surface area contributed by atoms with Gasteiger partial charge in [-0.1, -0.05) is 12.8 Å². The summed E-state index contributed by atoms with van der Waals surface area (Å²) in [6, 6.07) is 0. The van der Waals surface area contributed by atoms with Crippen molar-refractivity contribution in [3.05, 3.63) is 0 Å². The fourth-order valence-corrected chi connectivity index (χ4v) is 5.35. The quantitative estimate of drug-likeness (QED) is 0.798. The molecule has 3 atom stereocenters. The average molecular weight is 348 g/mol. The van der Waals surface area contributed by atoms with E-state index in [0.717, 1.165) is 70.4 Å². The summed E-state index contributed by atoms with van der Waals surface area (Å²) >= 11 is 0. The number of carbonyl (C=O) groups excluding carboxylic acids is 2. The van der Waals surface area contributed by atoms with Crippen LogP contribution in [0.15, 0.2) is 0 Å². The average Bonchev–Trinajstić information content (AvgIpc) is 3.16. The van der Waals surface area contributed by atoms with E-state index >= 15 is 0 Å². The summed E-state index contributed by atoms with van der Waals surface area (Å²) in [6.45, 7) is 5.26. The predicted molar refractivity (Wildman–Crippen MR) is 96.9 cm³/mol. The number of hydrogen-bond acceptors (Lipinski definition) is 3. The molecule has 3 aliphatic carbocycles. The maximum Gasteiger partial charge on any atom is 0.223 e. The van der Waals surface area contributed by atoms with Crippen molar-refractivity contribution in [3.63, 3.8) is 0 Å². The van der Waals surface area contributed by atoms with Gasteiger partial charge in [-0.05, 0) is 49.9 Å². The number of rotatable bonds is 6. The van der Waals surface area contributed by atoms with Crippen LogP contribution in [0.25, 0.3) is 0 Å². The summed E-state index contributed by atoms with van der Waals surface area (Å²) in [5.41, 5.74) is 0. The van der Waals surface area contributed by atoms with E-state index in [0.29, 0.717) is 11.8 Å². The van der Waals surface area contributed by atoms with Crippen molar-refractivity contribution >= 4 is 11.8 Å². The van der Waals surface area contributed by atoms with Crippen molar-refractivity contribution < 1.29 is 9.59 Å². The summed E-state index contributed by atoms with van der Waals surface area (Å²) in [7, 11) is 0. The van der Waals surface area contributed by atoms with Gasteiger partial charge in [-0.25, -0.2) is 0 Å². The molecule has 25 heavy (non-hydrogen) atoms. The largest absolute Gasteiger partial charge is 0.355 e. The third-order valence-electron chi connectivity index (χ3n) is 7.25. The molecule has 4 aliphatic rings. The molecule has 1 N–H and O–H groups in total. The van der Waals surface area contributed by atoms with Crippen molar-refractivity contribution in [1.82, 2.24) is 15.1 Å². The first-order chi connectivity index (χ1) is 12.2. The van der Waals surface area contributed by atoms with E-state index in [-0.39, 0.29) is 11.8 Å². The highest BCUT2D eigenvalue weighted by atomic mass is 16.2. The Kier molecular flexibility index (Phi) is 5.30. The van der Waals surface area contributed by atoms with Crippen LogP contribution in [0.4, 0.5) is 0 Å². The van der Waals surface area contributed by atoms with Gasteiger partial charge in [0.25, 0.3) is 0 Å². The molecule has 4 rings (SSSR count). The summed E-state index contributed by atoms with van der Waals surface area (Å²) < 4.78 is 0. The molecule has 0 aromatic carbocycles. The van der Waals surface area contributed by atoms with E-state index in [2.05, 4.69) is 15.1 Å². The van der Waals surface area contributed by atoms with Gasteiger partial charge in [-0.2, -0.15) is 0 Å². The highest BCUT2D eigenvalue weighted by Gasteiger charge is 2.40. The molecule has 1 aliphatic heterocycles. The van der Waals surface area contributed by atoms with Crippen molar-refractivity contribution in [3.8, 4) is 0 Å². The second-order valence-corrected chi connectivity index (χ2v) is 8.78. The van der Waals surface area contributed by atoms with Gasteiger partial charge in [-0.3, -0.25) is 14.5 Å². The van der Waals surface area contributed by atoms with Gasteiger partial charge in [0.15, 0.2) is 0 Å². The standard InChI is InChI=1S/C20H33N3O2/c24-19(14-18-13-15-4-5-17(18)12-15)23-10-8-22(9-11-23)7-6-21-20(25)16-2-1-3-16/h15-18H,1-14H2,(H,21,25)/t15-,17-,18-/m0/s1. The SMILES string of the molecule is O=C(NCCN1CCN(C(=O)C[C@@H]2C[C@H]3CC[C@H]2C3)CC1)C1CCC1. The molecule has 0 spiro atoms. The molecule has 1 heterocycles. The van der Waals surface area contributed by atoms with Crippen LogP contribution < -0.4 is 5.32 Å². The molecule has 0 unspecified atom stereocenters. The molecule has 2 amide bonds. The molecule has 3 saturated carbocycles. The van der Waals surface area contributed by atoms with Crippen molar-refractivity contribution in [2.45, 2.75) is 51.4 Å². The monoisotopic (exact) mass is 347 g/mol. The number of fused-ring (bicyclic) bond motifs is 2. The first-order valence-corrected chi connectivity index (χ1v) is 10.5. The Morgan fingerprint density at radius 2 is 1.76 bits per heavy atom. The molecule has 0 radical (unpaired) electrons. The van der Waals surface area contributed by atoms with Crippen LogP contribution in [0.2, 0.25) is 0 Å². The van der Waals surface area contributed by atoms with E-state index in [9.17, 15) is 9.59 Å². The minimum atomic E-state index is 0.242. The zero-order valence-electron chi connectivity index (χ0n) is 15.4. The lowest BCUT2D eigenvalue weighted by atomic mass is 9.85. The third kappa shape index (κ3) is 4.02. The van der Waals surface area contributed by atoms with E-state index in [1.54, 1.807) is 0 Å². The fraction of sp³-hybridized carbons (Fsp3) is 0.900.